The first-order valence-electron chi connectivity index (χ1n) is 2.75. The summed E-state index contributed by atoms with van der Waals surface area (Å²) >= 11 is 0. The van der Waals surface area contributed by atoms with Gasteiger partial charge in [0.2, 0.25) is 5.76 Å². The SMILES string of the molecule is CC(=O)c1ccc(C#N)o1. The number of hydrogen-bond acceptors (Lipinski definition) is 3. The summed E-state index contributed by atoms with van der Waals surface area (Å²) in [6.07, 6.45) is 0. The van der Waals surface area contributed by atoms with E-state index in [4.69, 9.17) is 9.68 Å². The van der Waals surface area contributed by atoms with Gasteiger partial charge in [-0.1, -0.05) is 0 Å². The average Bonchev–Trinajstić information content (AvgIpc) is 2.34. The molecule has 0 aliphatic heterocycles. The zero-order valence-electron chi connectivity index (χ0n) is 5.42. The van der Waals surface area contributed by atoms with Crippen molar-refractivity contribution < 1.29 is 9.21 Å². The molecule has 0 aromatic carbocycles. The van der Waals surface area contributed by atoms with Gasteiger partial charge >= 0.3 is 0 Å². The van der Waals surface area contributed by atoms with E-state index in [1.807, 2.05) is 0 Å². The van der Waals surface area contributed by atoms with Crippen molar-refractivity contribution in [2.75, 3.05) is 0 Å². The summed E-state index contributed by atoms with van der Waals surface area (Å²) in [6.45, 7) is 1.39. The molecule has 0 radical (unpaired) electrons. The highest BCUT2D eigenvalue weighted by Gasteiger charge is 2.03. The van der Waals surface area contributed by atoms with Crippen LogP contribution in [0.25, 0.3) is 0 Å². The highest BCUT2D eigenvalue weighted by molar-refractivity contribution is 5.91. The zero-order chi connectivity index (χ0) is 7.56. The van der Waals surface area contributed by atoms with E-state index in [1.54, 1.807) is 6.07 Å². The van der Waals surface area contributed by atoms with Gasteiger partial charge in [-0.25, -0.2) is 0 Å². The lowest BCUT2D eigenvalue weighted by atomic mass is 10.3. The molecule has 0 atom stereocenters. The fraction of sp³-hybridized carbons (Fsp3) is 0.143. The minimum absolute atomic E-state index is 0.165. The molecule has 0 unspecified atom stereocenters. The summed E-state index contributed by atoms with van der Waals surface area (Å²) in [6, 6.07) is 4.74. The van der Waals surface area contributed by atoms with Crippen LogP contribution in [0.5, 0.6) is 0 Å². The molecule has 10 heavy (non-hydrogen) atoms. The Bertz CT molecular complexity index is 293. The first-order chi connectivity index (χ1) is 4.74. The molecule has 50 valence electrons. The average molecular weight is 135 g/mol. The van der Waals surface area contributed by atoms with Crippen molar-refractivity contribution in [2.24, 2.45) is 0 Å². The van der Waals surface area contributed by atoms with Crippen LogP contribution in [0.3, 0.4) is 0 Å². The van der Waals surface area contributed by atoms with E-state index >= 15 is 0 Å². The molecule has 1 aromatic rings. The predicted molar refractivity (Wildman–Crippen MR) is 33.4 cm³/mol. The van der Waals surface area contributed by atoms with Crippen molar-refractivity contribution in [1.82, 2.24) is 0 Å². The van der Waals surface area contributed by atoms with Gasteiger partial charge in [-0.3, -0.25) is 4.79 Å². The third-order valence-corrected chi connectivity index (χ3v) is 1.06. The summed E-state index contributed by atoms with van der Waals surface area (Å²) in [4.78, 5) is 10.6. The third kappa shape index (κ3) is 1.06. The van der Waals surface area contributed by atoms with Crippen molar-refractivity contribution in [2.45, 2.75) is 6.92 Å². The number of furan rings is 1. The van der Waals surface area contributed by atoms with Gasteiger partial charge in [-0.15, -0.1) is 0 Å². The molecule has 0 fully saturated rings. The molecule has 3 heteroatoms. The van der Waals surface area contributed by atoms with E-state index < -0.39 is 0 Å². The van der Waals surface area contributed by atoms with E-state index in [2.05, 4.69) is 0 Å². The topological polar surface area (TPSA) is 54.0 Å². The fourth-order valence-electron chi connectivity index (χ4n) is 0.587. The Hall–Kier alpha value is -1.56. The number of carbonyl (C=O) groups excluding carboxylic acids is 1. The van der Waals surface area contributed by atoms with Crippen LogP contribution < -0.4 is 0 Å². The number of rotatable bonds is 1. The minimum Gasteiger partial charge on any atom is -0.443 e. The van der Waals surface area contributed by atoms with Crippen LogP contribution in [-0.4, -0.2) is 5.78 Å². The largest absolute Gasteiger partial charge is 0.443 e. The van der Waals surface area contributed by atoms with E-state index in [1.165, 1.54) is 19.1 Å². The smallest absolute Gasteiger partial charge is 0.204 e. The standard InChI is InChI=1S/C7H5NO2/c1-5(9)7-3-2-6(4-8)10-7/h2-3H,1H3. The molecular weight excluding hydrogens is 130 g/mol. The Morgan fingerprint density at radius 2 is 2.40 bits per heavy atom. The third-order valence-electron chi connectivity index (χ3n) is 1.06. The van der Waals surface area contributed by atoms with Gasteiger partial charge in [0, 0.05) is 6.92 Å². The van der Waals surface area contributed by atoms with Gasteiger partial charge < -0.3 is 4.42 Å². The van der Waals surface area contributed by atoms with Crippen molar-refractivity contribution in [3.63, 3.8) is 0 Å². The number of Topliss-reactive ketones (excluding diaryl/α,β-unsaturated/α-hetero) is 1. The van der Waals surface area contributed by atoms with E-state index in [0.717, 1.165) is 0 Å². The van der Waals surface area contributed by atoms with E-state index in [-0.39, 0.29) is 17.3 Å². The van der Waals surface area contributed by atoms with Gasteiger partial charge in [-0.05, 0) is 12.1 Å². The molecule has 1 aromatic heterocycles. The summed E-state index contributed by atoms with van der Waals surface area (Å²) in [5.74, 6) is 0.239. The molecule has 0 aliphatic carbocycles. The molecule has 0 N–H and O–H groups in total. The maximum Gasteiger partial charge on any atom is 0.204 e. The summed E-state index contributed by atoms with van der Waals surface area (Å²) in [7, 11) is 0. The molecule has 0 amide bonds. The number of carbonyl (C=O) groups is 1. The molecule has 0 aliphatic rings. The van der Waals surface area contributed by atoms with Crippen molar-refractivity contribution >= 4 is 5.78 Å². The first-order valence-corrected chi connectivity index (χ1v) is 2.75. The zero-order valence-corrected chi connectivity index (χ0v) is 5.42. The van der Waals surface area contributed by atoms with E-state index in [9.17, 15) is 4.79 Å². The van der Waals surface area contributed by atoms with Crippen LogP contribution in [-0.2, 0) is 0 Å². The lowest BCUT2D eigenvalue weighted by Crippen LogP contribution is -1.85. The Morgan fingerprint density at radius 1 is 1.70 bits per heavy atom. The summed E-state index contributed by atoms with van der Waals surface area (Å²) in [5.41, 5.74) is 0. The van der Waals surface area contributed by atoms with Gasteiger partial charge in [0.1, 0.15) is 6.07 Å². The molecule has 0 spiro atoms. The molecular formula is C7H5NO2. The van der Waals surface area contributed by atoms with Crippen LogP contribution in [0.15, 0.2) is 16.5 Å². The van der Waals surface area contributed by atoms with Crippen molar-refractivity contribution in [1.29, 1.82) is 5.26 Å². The maximum absolute atomic E-state index is 10.6. The second kappa shape index (κ2) is 2.36. The highest BCUT2D eigenvalue weighted by Crippen LogP contribution is 2.06. The van der Waals surface area contributed by atoms with Crippen LogP contribution in [0.2, 0.25) is 0 Å². The molecule has 1 rings (SSSR count). The minimum atomic E-state index is -0.165. The predicted octanol–water partition coefficient (Wildman–Crippen LogP) is 1.35. The van der Waals surface area contributed by atoms with Gasteiger partial charge in [0.25, 0.3) is 0 Å². The van der Waals surface area contributed by atoms with Crippen LogP contribution in [0.4, 0.5) is 0 Å². The Kier molecular flexibility index (Phi) is 1.55. The number of nitrogens with zero attached hydrogens (tertiary/aromatic N) is 1. The molecule has 0 bridgehead atoms. The Morgan fingerprint density at radius 3 is 2.70 bits per heavy atom. The molecule has 0 saturated heterocycles. The van der Waals surface area contributed by atoms with Gasteiger partial charge in [0.05, 0.1) is 0 Å². The van der Waals surface area contributed by atoms with Crippen LogP contribution in [0, 0.1) is 11.3 Å². The van der Waals surface area contributed by atoms with Crippen LogP contribution >= 0.6 is 0 Å². The molecule has 3 nitrogen and oxygen atoms in total. The molecule has 1 heterocycles. The highest BCUT2D eigenvalue weighted by atomic mass is 16.3. The second-order valence-electron chi connectivity index (χ2n) is 1.83. The number of hydrogen-bond donors (Lipinski definition) is 0. The quantitative estimate of drug-likeness (QED) is 0.546. The number of ketones is 1. The van der Waals surface area contributed by atoms with Crippen molar-refractivity contribution in [3.05, 3.63) is 23.7 Å². The van der Waals surface area contributed by atoms with E-state index in [0.29, 0.717) is 0 Å². The second-order valence-corrected chi connectivity index (χ2v) is 1.83. The van der Waals surface area contributed by atoms with Gasteiger partial charge in [-0.2, -0.15) is 5.26 Å². The maximum atomic E-state index is 10.6. The molecule has 0 saturated carbocycles. The summed E-state index contributed by atoms with van der Waals surface area (Å²) < 4.78 is 4.78. The van der Waals surface area contributed by atoms with Crippen molar-refractivity contribution in [3.8, 4) is 6.07 Å². The number of nitriles is 1. The lowest BCUT2D eigenvalue weighted by Gasteiger charge is -1.81. The normalized spacial score (nSPS) is 8.80. The monoisotopic (exact) mass is 135 g/mol. The van der Waals surface area contributed by atoms with Gasteiger partial charge in [0.15, 0.2) is 11.5 Å². The lowest BCUT2D eigenvalue weighted by molar-refractivity contribution is 0.0986. The van der Waals surface area contributed by atoms with Crippen LogP contribution in [0.1, 0.15) is 23.2 Å². The fourth-order valence-corrected chi connectivity index (χ4v) is 0.587. The summed E-state index contributed by atoms with van der Waals surface area (Å²) in [5, 5.41) is 8.28. The Balaban J connectivity index is 3.02. The first kappa shape index (κ1) is 6.56. The Labute approximate surface area is 57.9 Å².